The summed E-state index contributed by atoms with van der Waals surface area (Å²) in [5.41, 5.74) is 0.0857. The van der Waals surface area contributed by atoms with Gasteiger partial charge in [0.15, 0.2) is 0 Å². The van der Waals surface area contributed by atoms with E-state index in [1.54, 1.807) is 6.92 Å². The molecule has 0 aromatic heterocycles. The molecule has 0 aliphatic heterocycles. The number of carboxylic acid groups (broad SMARTS) is 1. The van der Waals surface area contributed by atoms with Gasteiger partial charge in [0.05, 0.1) is 18.6 Å². The van der Waals surface area contributed by atoms with E-state index in [2.05, 4.69) is 0 Å². The van der Waals surface area contributed by atoms with Crippen molar-refractivity contribution in [3.05, 3.63) is 35.4 Å². The number of rotatable bonds is 7. The van der Waals surface area contributed by atoms with Crippen LogP contribution in [0.15, 0.2) is 24.3 Å². The van der Waals surface area contributed by atoms with Crippen molar-refractivity contribution in [1.29, 1.82) is 0 Å². The number of carbonyl (C=O) groups is 1. The van der Waals surface area contributed by atoms with Crippen molar-refractivity contribution in [2.24, 2.45) is 0 Å². The van der Waals surface area contributed by atoms with Gasteiger partial charge in [-0.25, -0.2) is 0 Å². The van der Waals surface area contributed by atoms with Gasteiger partial charge in [-0.05, 0) is 37.1 Å². The predicted molar refractivity (Wildman–Crippen MR) is 77.8 cm³/mol. The molecule has 0 fully saturated rings. The fraction of sp³-hybridized carbons (Fsp3) is 0.438. The molecule has 3 nitrogen and oxygen atoms in total. The van der Waals surface area contributed by atoms with E-state index in [-0.39, 0.29) is 6.42 Å². The Bertz CT molecular complexity index is 548. The lowest BCUT2D eigenvalue weighted by molar-refractivity contribution is -0.138. The van der Waals surface area contributed by atoms with Gasteiger partial charge in [0, 0.05) is 5.56 Å². The van der Waals surface area contributed by atoms with Gasteiger partial charge in [0.1, 0.15) is 5.75 Å². The molecule has 0 bridgehead atoms. The minimum Gasteiger partial charge on any atom is -0.493 e. The van der Waals surface area contributed by atoms with Gasteiger partial charge in [0.2, 0.25) is 0 Å². The quantitative estimate of drug-likeness (QED) is 0.788. The first kappa shape index (κ1) is 18.1. The lowest BCUT2D eigenvalue weighted by Crippen LogP contribution is -2.07. The van der Waals surface area contributed by atoms with Crippen LogP contribution in [0.25, 0.3) is 5.57 Å². The van der Waals surface area contributed by atoms with Gasteiger partial charge < -0.3 is 9.84 Å². The maximum absolute atomic E-state index is 12.9. The fourth-order valence-electron chi connectivity index (χ4n) is 2.07. The van der Waals surface area contributed by atoms with Gasteiger partial charge >= 0.3 is 12.1 Å². The van der Waals surface area contributed by atoms with Crippen molar-refractivity contribution in [3.63, 3.8) is 0 Å². The summed E-state index contributed by atoms with van der Waals surface area (Å²) in [5.74, 6) is -0.695. The average molecular weight is 316 g/mol. The number of aliphatic carboxylic acids is 1. The number of hydrogen-bond donors (Lipinski definition) is 1. The van der Waals surface area contributed by atoms with Crippen molar-refractivity contribution in [3.8, 4) is 5.75 Å². The van der Waals surface area contributed by atoms with Crippen LogP contribution in [0.3, 0.4) is 0 Å². The first-order valence-electron chi connectivity index (χ1n) is 7.04. The number of allylic oxidation sites excluding steroid dienone is 1. The van der Waals surface area contributed by atoms with Gasteiger partial charge in [-0.2, -0.15) is 13.2 Å². The Kier molecular flexibility index (Phi) is 6.46. The van der Waals surface area contributed by atoms with E-state index < -0.39 is 17.7 Å². The second-order valence-corrected chi connectivity index (χ2v) is 4.72. The van der Waals surface area contributed by atoms with Crippen molar-refractivity contribution in [2.45, 2.75) is 39.3 Å². The molecule has 0 aliphatic carbocycles. The molecule has 22 heavy (non-hydrogen) atoms. The lowest BCUT2D eigenvalue weighted by atomic mass is 9.97. The summed E-state index contributed by atoms with van der Waals surface area (Å²) in [5, 5.41) is 8.78. The van der Waals surface area contributed by atoms with Crippen LogP contribution in [0.5, 0.6) is 5.75 Å². The van der Waals surface area contributed by atoms with Gasteiger partial charge in [0.25, 0.3) is 0 Å². The number of benzene rings is 1. The molecule has 0 unspecified atom stereocenters. The van der Waals surface area contributed by atoms with Gasteiger partial charge in [-0.1, -0.05) is 19.4 Å². The summed E-state index contributed by atoms with van der Waals surface area (Å²) < 4.78 is 44.1. The van der Waals surface area contributed by atoms with Gasteiger partial charge in [-0.15, -0.1) is 0 Å². The molecule has 0 atom stereocenters. The van der Waals surface area contributed by atoms with Crippen LogP contribution in [0.2, 0.25) is 0 Å². The normalized spacial score (nSPS) is 12.3. The summed E-state index contributed by atoms with van der Waals surface area (Å²) in [6, 6.07) is 3.27. The van der Waals surface area contributed by atoms with E-state index in [4.69, 9.17) is 9.84 Å². The van der Waals surface area contributed by atoms with E-state index in [9.17, 15) is 18.0 Å². The van der Waals surface area contributed by atoms with E-state index in [1.807, 2.05) is 6.92 Å². The molecule has 0 saturated carbocycles. The molecule has 1 N–H and O–H groups in total. The number of alkyl halides is 3. The van der Waals surface area contributed by atoms with Crippen LogP contribution in [-0.2, 0) is 11.0 Å². The Morgan fingerprint density at radius 3 is 2.50 bits per heavy atom. The Morgan fingerprint density at radius 1 is 1.32 bits per heavy atom. The first-order chi connectivity index (χ1) is 10.3. The molecule has 122 valence electrons. The largest absolute Gasteiger partial charge is 0.493 e. The minimum absolute atomic E-state index is 0.239. The number of carboxylic acids is 1. The molecule has 0 heterocycles. The van der Waals surface area contributed by atoms with Crippen LogP contribution >= 0.6 is 0 Å². The zero-order valence-electron chi connectivity index (χ0n) is 12.5. The topological polar surface area (TPSA) is 46.5 Å². The van der Waals surface area contributed by atoms with Crippen LogP contribution < -0.4 is 4.74 Å². The highest BCUT2D eigenvalue weighted by atomic mass is 19.4. The van der Waals surface area contributed by atoms with Crippen LogP contribution in [0.4, 0.5) is 13.2 Å². The highest BCUT2D eigenvalue weighted by Gasteiger charge is 2.31. The second-order valence-electron chi connectivity index (χ2n) is 4.72. The Morgan fingerprint density at radius 2 is 2.00 bits per heavy atom. The molecule has 0 saturated heterocycles. The zero-order chi connectivity index (χ0) is 16.8. The monoisotopic (exact) mass is 316 g/mol. The average Bonchev–Trinajstić information content (AvgIpc) is 2.43. The van der Waals surface area contributed by atoms with Gasteiger partial charge in [-0.3, -0.25) is 4.79 Å². The summed E-state index contributed by atoms with van der Waals surface area (Å²) in [6.07, 6.45) is -2.08. The molecule has 1 aromatic carbocycles. The predicted octanol–water partition coefficient (Wildman–Crippen LogP) is 4.76. The van der Waals surface area contributed by atoms with Crippen molar-refractivity contribution in [2.75, 3.05) is 6.61 Å². The summed E-state index contributed by atoms with van der Waals surface area (Å²) in [6.45, 7) is 3.93. The summed E-state index contributed by atoms with van der Waals surface area (Å²) >= 11 is 0. The fourth-order valence-corrected chi connectivity index (χ4v) is 2.07. The van der Waals surface area contributed by atoms with E-state index in [0.717, 1.165) is 12.1 Å². The number of ether oxygens (including phenoxy) is 1. The number of halogens is 3. The molecule has 1 aromatic rings. The maximum atomic E-state index is 12.9. The third kappa shape index (κ3) is 5.09. The van der Waals surface area contributed by atoms with Crippen LogP contribution in [-0.4, -0.2) is 17.7 Å². The smallest absolute Gasteiger partial charge is 0.416 e. The molecular formula is C16H19F3O3. The molecule has 1 rings (SSSR count). The summed E-state index contributed by atoms with van der Waals surface area (Å²) in [7, 11) is 0. The minimum atomic E-state index is -4.45. The van der Waals surface area contributed by atoms with Crippen molar-refractivity contribution >= 4 is 11.5 Å². The molecule has 0 radical (unpaired) electrons. The van der Waals surface area contributed by atoms with Crippen LogP contribution in [0.1, 0.15) is 44.2 Å². The Balaban J connectivity index is 3.35. The van der Waals surface area contributed by atoms with E-state index in [1.165, 1.54) is 12.1 Å². The van der Waals surface area contributed by atoms with Crippen LogP contribution in [0, 0.1) is 0 Å². The maximum Gasteiger partial charge on any atom is 0.416 e. The molecule has 0 amide bonds. The molecule has 6 heteroatoms. The Hall–Kier alpha value is -1.98. The van der Waals surface area contributed by atoms with E-state index >= 15 is 0 Å². The molecular weight excluding hydrogens is 297 g/mol. The molecule has 0 aliphatic rings. The second kappa shape index (κ2) is 7.87. The zero-order valence-corrected chi connectivity index (χ0v) is 12.5. The SMILES string of the molecule is CCC/C(=C\CC(=O)O)c1cc(C(F)(F)F)ccc1OCC. The summed E-state index contributed by atoms with van der Waals surface area (Å²) in [4.78, 5) is 10.7. The lowest BCUT2D eigenvalue weighted by Gasteiger charge is -2.16. The van der Waals surface area contributed by atoms with Crippen molar-refractivity contribution < 1.29 is 27.8 Å². The standard InChI is InChI=1S/C16H19F3O3/c1-3-5-11(6-9-15(20)21)13-10-12(16(17,18)19)7-8-14(13)22-4-2/h6-8,10H,3-5,9H2,1-2H3,(H,20,21)/b11-6+. The number of hydrogen-bond acceptors (Lipinski definition) is 2. The van der Waals surface area contributed by atoms with Crippen molar-refractivity contribution in [1.82, 2.24) is 0 Å². The highest BCUT2D eigenvalue weighted by Crippen LogP contribution is 2.36. The highest BCUT2D eigenvalue weighted by molar-refractivity contribution is 5.76. The first-order valence-corrected chi connectivity index (χ1v) is 7.04. The Labute approximate surface area is 127 Å². The third-order valence-corrected chi connectivity index (χ3v) is 3.00. The third-order valence-electron chi connectivity index (χ3n) is 3.00. The molecule has 0 spiro atoms. The van der Waals surface area contributed by atoms with E-state index in [0.29, 0.717) is 36.3 Å².